The Morgan fingerprint density at radius 2 is 2.11 bits per heavy atom. The Balaban J connectivity index is 2.19. The number of ether oxygens (including phenoxy) is 1. The second-order valence-corrected chi connectivity index (χ2v) is 4.95. The smallest absolute Gasteiger partial charge is 0.372 e. The summed E-state index contributed by atoms with van der Waals surface area (Å²) in [6.07, 6.45) is 0.957. The predicted octanol–water partition coefficient (Wildman–Crippen LogP) is 3.69. The molecule has 2 aromatic rings. The summed E-state index contributed by atoms with van der Waals surface area (Å²) in [6, 6.07) is 7.30. The highest BCUT2D eigenvalue weighted by Gasteiger charge is 2.19. The summed E-state index contributed by atoms with van der Waals surface area (Å²) in [5.74, 6) is -0.510. The van der Waals surface area contributed by atoms with E-state index in [2.05, 4.69) is 13.8 Å². The highest BCUT2D eigenvalue weighted by atomic mass is 16.5. The van der Waals surface area contributed by atoms with Crippen LogP contribution in [0.2, 0.25) is 0 Å². The van der Waals surface area contributed by atoms with Gasteiger partial charge in [-0.3, -0.25) is 0 Å². The first-order valence-electron chi connectivity index (χ1n) is 6.41. The quantitative estimate of drug-likeness (QED) is 0.806. The average Bonchev–Trinajstić information content (AvgIpc) is 2.73. The molecule has 0 fully saturated rings. The molecule has 0 atom stereocenters. The lowest BCUT2D eigenvalue weighted by atomic mass is 10.1. The molecule has 0 amide bonds. The molecule has 0 unspecified atom stereocenters. The van der Waals surface area contributed by atoms with Crippen LogP contribution in [-0.2, 0) is 11.3 Å². The Kier molecular flexibility index (Phi) is 4.22. The molecule has 0 saturated carbocycles. The van der Waals surface area contributed by atoms with Crippen LogP contribution in [-0.4, -0.2) is 17.7 Å². The number of hydrogen-bond donors (Lipinski definition) is 1. The number of carbonyl (C=O) groups is 1. The molecule has 0 radical (unpaired) electrons. The van der Waals surface area contributed by atoms with E-state index in [1.807, 2.05) is 18.2 Å². The molecule has 2 rings (SSSR count). The third kappa shape index (κ3) is 3.15. The standard InChI is InChI=1S/C15H18O4/c1-10(2)7-8-18-9-12-11-5-3-4-6-13(11)19-14(12)15(16)17/h3-6,10H,7-9H2,1-2H3,(H,16,17). The maximum absolute atomic E-state index is 11.2. The molecule has 0 spiro atoms. The van der Waals surface area contributed by atoms with E-state index in [4.69, 9.17) is 14.3 Å². The van der Waals surface area contributed by atoms with Gasteiger partial charge in [0.05, 0.1) is 6.61 Å². The van der Waals surface area contributed by atoms with Gasteiger partial charge in [0.2, 0.25) is 5.76 Å². The van der Waals surface area contributed by atoms with Crippen LogP contribution in [0.5, 0.6) is 0 Å². The molecule has 0 aliphatic carbocycles. The van der Waals surface area contributed by atoms with E-state index in [1.165, 1.54) is 0 Å². The topological polar surface area (TPSA) is 59.7 Å². The molecule has 0 aliphatic heterocycles. The van der Waals surface area contributed by atoms with Crippen molar-refractivity contribution in [2.24, 2.45) is 5.92 Å². The number of fused-ring (bicyclic) bond motifs is 1. The Morgan fingerprint density at radius 1 is 1.37 bits per heavy atom. The van der Waals surface area contributed by atoms with Crippen molar-refractivity contribution in [3.8, 4) is 0 Å². The Labute approximate surface area is 112 Å². The normalized spacial score (nSPS) is 11.3. The molecular formula is C15H18O4. The highest BCUT2D eigenvalue weighted by Crippen LogP contribution is 2.26. The fourth-order valence-electron chi connectivity index (χ4n) is 1.91. The first-order valence-corrected chi connectivity index (χ1v) is 6.41. The number of carboxylic acid groups (broad SMARTS) is 1. The van der Waals surface area contributed by atoms with Gasteiger partial charge >= 0.3 is 5.97 Å². The average molecular weight is 262 g/mol. The molecule has 19 heavy (non-hydrogen) atoms. The number of hydrogen-bond acceptors (Lipinski definition) is 3. The zero-order valence-corrected chi connectivity index (χ0v) is 11.2. The van der Waals surface area contributed by atoms with Crippen molar-refractivity contribution in [3.05, 3.63) is 35.6 Å². The van der Waals surface area contributed by atoms with Crippen molar-refractivity contribution < 1.29 is 19.1 Å². The van der Waals surface area contributed by atoms with E-state index in [0.29, 0.717) is 23.7 Å². The maximum atomic E-state index is 11.2. The van der Waals surface area contributed by atoms with E-state index in [9.17, 15) is 4.79 Å². The largest absolute Gasteiger partial charge is 0.475 e. The van der Waals surface area contributed by atoms with Gasteiger partial charge in [0.15, 0.2) is 0 Å². The highest BCUT2D eigenvalue weighted by molar-refractivity contribution is 5.94. The summed E-state index contributed by atoms with van der Waals surface area (Å²) in [4.78, 5) is 11.2. The minimum atomic E-state index is -1.06. The van der Waals surface area contributed by atoms with Crippen molar-refractivity contribution in [3.63, 3.8) is 0 Å². The first-order chi connectivity index (χ1) is 9.09. The zero-order valence-electron chi connectivity index (χ0n) is 11.2. The van der Waals surface area contributed by atoms with Crippen LogP contribution in [0, 0.1) is 5.92 Å². The molecule has 0 bridgehead atoms. The molecule has 4 nitrogen and oxygen atoms in total. The van der Waals surface area contributed by atoms with E-state index < -0.39 is 5.97 Å². The third-order valence-electron chi connectivity index (χ3n) is 2.98. The lowest BCUT2D eigenvalue weighted by Gasteiger charge is -2.06. The van der Waals surface area contributed by atoms with Crippen molar-refractivity contribution in [1.29, 1.82) is 0 Å². The molecule has 0 aliphatic rings. The fraction of sp³-hybridized carbons (Fsp3) is 0.400. The molecule has 102 valence electrons. The van der Waals surface area contributed by atoms with E-state index in [0.717, 1.165) is 11.8 Å². The van der Waals surface area contributed by atoms with Crippen LogP contribution in [0.3, 0.4) is 0 Å². The number of carboxylic acids is 1. The summed E-state index contributed by atoms with van der Waals surface area (Å²) in [6.45, 7) is 5.14. The van der Waals surface area contributed by atoms with Gasteiger partial charge in [-0.05, 0) is 18.4 Å². The van der Waals surface area contributed by atoms with Gasteiger partial charge in [-0.1, -0.05) is 32.0 Å². The van der Waals surface area contributed by atoms with Gasteiger partial charge in [0.1, 0.15) is 5.58 Å². The third-order valence-corrected chi connectivity index (χ3v) is 2.98. The van der Waals surface area contributed by atoms with Crippen LogP contribution >= 0.6 is 0 Å². The Bertz CT molecular complexity index is 569. The van der Waals surface area contributed by atoms with Crippen LogP contribution in [0.1, 0.15) is 36.4 Å². The van der Waals surface area contributed by atoms with Crippen LogP contribution in [0.4, 0.5) is 0 Å². The van der Waals surface area contributed by atoms with Gasteiger partial charge in [-0.2, -0.15) is 0 Å². The van der Waals surface area contributed by atoms with Crippen molar-refractivity contribution >= 4 is 16.9 Å². The minimum absolute atomic E-state index is 0.0225. The summed E-state index contributed by atoms with van der Waals surface area (Å²) in [5.41, 5.74) is 1.20. The molecule has 0 saturated heterocycles. The van der Waals surface area contributed by atoms with E-state index in [1.54, 1.807) is 6.07 Å². The molecular weight excluding hydrogens is 244 g/mol. The fourth-order valence-corrected chi connectivity index (χ4v) is 1.91. The van der Waals surface area contributed by atoms with Crippen LogP contribution in [0.15, 0.2) is 28.7 Å². The second kappa shape index (κ2) is 5.89. The van der Waals surface area contributed by atoms with Crippen molar-refractivity contribution in [2.75, 3.05) is 6.61 Å². The van der Waals surface area contributed by atoms with Gasteiger partial charge < -0.3 is 14.3 Å². The van der Waals surface area contributed by atoms with E-state index >= 15 is 0 Å². The molecule has 1 aromatic heterocycles. The minimum Gasteiger partial charge on any atom is -0.475 e. The van der Waals surface area contributed by atoms with Gasteiger partial charge in [0, 0.05) is 17.6 Å². The second-order valence-electron chi connectivity index (χ2n) is 4.95. The first kappa shape index (κ1) is 13.6. The number of aromatic carboxylic acids is 1. The van der Waals surface area contributed by atoms with Crippen molar-refractivity contribution in [1.82, 2.24) is 0 Å². The Hall–Kier alpha value is -1.81. The number of benzene rings is 1. The molecule has 1 aromatic carbocycles. The Morgan fingerprint density at radius 3 is 2.79 bits per heavy atom. The lowest BCUT2D eigenvalue weighted by Crippen LogP contribution is -2.03. The lowest BCUT2D eigenvalue weighted by molar-refractivity contribution is 0.0650. The monoisotopic (exact) mass is 262 g/mol. The van der Waals surface area contributed by atoms with Gasteiger partial charge in [-0.15, -0.1) is 0 Å². The van der Waals surface area contributed by atoms with Crippen LogP contribution < -0.4 is 0 Å². The SMILES string of the molecule is CC(C)CCOCc1c(C(=O)O)oc2ccccc12. The number of para-hydroxylation sites is 1. The van der Waals surface area contributed by atoms with Gasteiger partial charge in [0.25, 0.3) is 0 Å². The zero-order chi connectivity index (χ0) is 13.8. The van der Waals surface area contributed by atoms with Gasteiger partial charge in [-0.25, -0.2) is 4.79 Å². The summed E-state index contributed by atoms with van der Waals surface area (Å²) in [7, 11) is 0. The van der Waals surface area contributed by atoms with Crippen LogP contribution in [0.25, 0.3) is 11.0 Å². The number of furan rings is 1. The summed E-state index contributed by atoms with van der Waals surface area (Å²) in [5, 5.41) is 9.97. The van der Waals surface area contributed by atoms with E-state index in [-0.39, 0.29) is 12.4 Å². The summed E-state index contributed by atoms with van der Waals surface area (Å²) < 4.78 is 10.9. The summed E-state index contributed by atoms with van der Waals surface area (Å²) >= 11 is 0. The molecule has 1 N–H and O–H groups in total. The molecule has 1 heterocycles. The van der Waals surface area contributed by atoms with Crippen molar-refractivity contribution in [2.45, 2.75) is 26.9 Å². The predicted molar refractivity (Wildman–Crippen MR) is 72.3 cm³/mol. The maximum Gasteiger partial charge on any atom is 0.372 e. The molecule has 4 heteroatoms. The number of rotatable bonds is 6.